The number of anilines is 2. The molecule has 0 N–H and O–H groups in total. The van der Waals surface area contributed by atoms with Gasteiger partial charge in [0.2, 0.25) is 5.95 Å². The molecule has 9 heteroatoms. The van der Waals surface area contributed by atoms with Gasteiger partial charge in [-0.25, -0.2) is 9.97 Å². The van der Waals surface area contributed by atoms with Crippen molar-refractivity contribution in [1.82, 2.24) is 24.1 Å². The number of aryl methyl sites for hydroxylation is 1. The van der Waals surface area contributed by atoms with Crippen LogP contribution in [0.4, 0.5) is 11.6 Å². The lowest BCUT2D eigenvalue weighted by Crippen LogP contribution is -2.48. The van der Waals surface area contributed by atoms with Gasteiger partial charge in [-0.15, -0.1) is 0 Å². The molecular formula is C21H21N7O2. The summed E-state index contributed by atoms with van der Waals surface area (Å²) in [6.07, 6.45) is 4.79. The standard InChI is InChI=1S/C21H21N7O2/c1-25-13-23-17-11-14(3-4-15(17)19(25)29)27-7-9-28(10-8-27)21-24-18-12-22-6-5-16(18)20(30)26(21)2/h3-6,11-13H,7-10H2,1-2H3. The molecule has 4 aromatic rings. The van der Waals surface area contributed by atoms with Crippen LogP contribution in [0.5, 0.6) is 0 Å². The monoisotopic (exact) mass is 403 g/mol. The van der Waals surface area contributed by atoms with Gasteiger partial charge in [-0.2, -0.15) is 0 Å². The molecule has 0 radical (unpaired) electrons. The van der Waals surface area contributed by atoms with Gasteiger partial charge in [0, 0.05) is 52.2 Å². The number of rotatable bonds is 2. The largest absolute Gasteiger partial charge is 0.368 e. The van der Waals surface area contributed by atoms with Crippen molar-refractivity contribution in [2.45, 2.75) is 0 Å². The molecule has 0 aliphatic carbocycles. The van der Waals surface area contributed by atoms with Crippen molar-refractivity contribution in [2.24, 2.45) is 14.1 Å². The molecule has 1 aromatic carbocycles. The Balaban J connectivity index is 1.41. The van der Waals surface area contributed by atoms with Gasteiger partial charge in [0.25, 0.3) is 11.1 Å². The molecule has 152 valence electrons. The van der Waals surface area contributed by atoms with E-state index in [1.165, 1.54) is 4.57 Å². The first-order valence-electron chi connectivity index (χ1n) is 9.79. The predicted octanol–water partition coefficient (Wildman–Crippen LogP) is 0.902. The Morgan fingerprint density at radius 2 is 1.60 bits per heavy atom. The van der Waals surface area contributed by atoms with Crippen LogP contribution in [0.2, 0.25) is 0 Å². The van der Waals surface area contributed by atoms with Gasteiger partial charge in [-0.1, -0.05) is 0 Å². The van der Waals surface area contributed by atoms with E-state index < -0.39 is 0 Å². The lowest BCUT2D eigenvalue weighted by atomic mass is 10.2. The lowest BCUT2D eigenvalue weighted by molar-refractivity contribution is 0.623. The Kier molecular flexibility index (Phi) is 4.23. The van der Waals surface area contributed by atoms with Crippen LogP contribution in [0.25, 0.3) is 21.8 Å². The van der Waals surface area contributed by atoms with E-state index in [1.54, 1.807) is 43.4 Å². The summed E-state index contributed by atoms with van der Waals surface area (Å²) in [5.74, 6) is 0.656. The number of benzene rings is 1. The molecule has 1 aliphatic rings. The van der Waals surface area contributed by atoms with Crippen LogP contribution in [0.1, 0.15) is 0 Å². The van der Waals surface area contributed by atoms with Gasteiger partial charge < -0.3 is 14.4 Å². The van der Waals surface area contributed by atoms with Crippen LogP contribution in [0, 0.1) is 0 Å². The molecule has 0 unspecified atom stereocenters. The minimum Gasteiger partial charge on any atom is -0.368 e. The predicted molar refractivity (Wildman–Crippen MR) is 116 cm³/mol. The molecule has 0 atom stereocenters. The van der Waals surface area contributed by atoms with Crippen molar-refractivity contribution in [3.05, 3.63) is 63.7 Å². The number of fused-ring (bicyclic) bond motifs is 2. The maximum atomic E-state index is 12.7. The Labute approximate surface area is 171 Å². The van der Waals surface area contributed by atoms with E-state index >= 15 is 0 Å². The highest BCUT2D eigenvalue weighted by atomic mass is 16.1. The first-order valence-corrected chi connectivity index (χ1v) is 9.79. The van der Waals surface area contributed by atoms with Crippen molar-refractivity contribution in [3.8, 4) is 0 Å². The summed E-state index contributed by atoms with van der Waals surface area (Å²) in [6.45, 7) is 3.01. The second kappa shape index (κ2) is 6.94. The SMILES string of the molecule is Cn1cnc2cc(N3CCN(c4nc5cnccc5c(=O)n4C)CC3)ccc2c1=O. The van der Waals surface area contributed by atoms with Gasteiger partial charge in [-0.3, -0.25) is 19.1 Å². The first kappa shape index (κ1) is 18.3. The third kappa shape index (κ3) is 2.90. The molecule has 30 heavy (non-hydrogen) atoms. The van der Waals surface area contributed by atoms with Crippen LogP contribution in [-0.4, -0.2) is 50.3 Å². The van der Waals surface area contributed by atoms with E-state index in [4.69, 9.17) is 0 Å². The lowest BCUT2D eigenvalue weighted by Gasteiger charge is -2.37. The number of nitrogens with zero attached hydrogens (tertiary/aromatic N) is 7. The third-order valence-corrected chi connectivity index (χ3v) is 5.69. The van der Waals surface area contributed by atoms with Crippen molar-refractivity contribution in [1.29, 1.82) is 0 Å². The molecule has 0 bridgehead atoms. The van der Waals surface area contributed by atoms with Gasteiger partial charge in [0.15, 0.2) is 0 Å². The summed E-state index contributed by atoms with van der Waals surface area (Å²) in [5.41, 5.74) is 2.23. The Hall–Kier alpha value is -3.75. The first-order chi connectivity index (χ1) is 14.5. The zero-order valence-electron chi connectivity index (χ0n) is 16.8. The van der Waals surface area contributed by atoms with Gasteiger partial charge in [0.1, 0.15) is 0 Å². The summed E-state index contributed by atoms with van der Waals surface area (Å²) in [6, 6.07) is 7.47. The highest BCUT2D eigenvalue weighted by Gasteiger charge is 2.22. The second-order valence-corrected chi connectivity index (χ2v) is 7.50. The minimum atomic E-state index is -0.0676. The van der Waals surface area contributed by atoms with Gasteiger partial charge in [-0.05, 0) is 24.3 Å². The molecular weight excluding hydrogens is 382 g/mol. The average Bonchev–Trinajstić information content (AvgIpc) is 2.79. The third-order valence-electron chi connectivity index (χ3n) is 5.69. The fraction of sp³-hybridized carbons (Fsp3) is 0.286. The van der Waals surface area contributed by atoms with Crippen LogP contribution < -0.4 is 20.9 Å². The Morgan fingerprint density at radius 3 is 2.40 bits per heavy atom. The fourth-order valence-corrected chi connectivity index (χ4v) is 3.95. The van der Waals surface area contributed by atoms with Crippen LogP contribution >= 0.6 is 0 Å². The molecule has 0 amide bonds. The summed E-state index contributed by atoms with van der Waals surface area (Å²) < 4.78 is 3.09. The van der Waals surface area contributed by atoms with Crippen molar-refractivity contribution in [2.75, 3.05) is 36.0 Å². The van der Waals surface area contributed by atoms with E-state index in [0.29, 0.717) is 27.8 Å². The normalized spacial score (nSPS) is 14.6. The molecule has 1 saturated heterocycles. The van der Waals surface area contributed by atoms with Crippen LogP contribution in [0.15, 0.2) is 52.6 Å². The highest BCUT2D eigenvalue weighted by molar-refractivity contribution is 5.81. The molecule has 0 saturated carbocycles. The van der Waals surface area contributed by atoms with E-state index in [-0.39, 0.29) is 11.1 Å². The van der Waals surface area contributed by atoms with Crippen molar-refractivity contribution >= 4 is 33.4 Å². The Bertz CT molecular complexity index is 1380. The quantitative estimate of drug-likeness (QED) is 0.491. The number of hydrogen-bond donors (Lipinski definition) is 0. The van der Waals surface area contributed by atoms with Crippen LogP contribution in [-0.2, 0) is 14.1 Å². The summed E-state index contributed by atoms with van der Waals surface area (Å²) in [4.78, 5) is 42.4. The van der Waals surface area contributed by atoms with E-state index in [0.717, 1.165) is 31.9 Å². The number of pyridine rings is 1. The Morgan fingerprint density at radius 1 is 0.867 bits per heavy atom. The van der Waals surface area contributed by atoms with E-state index in [9.17, 15) is 9.59 Å². The highest BCUT2D eigenvalue weighted by Crippen LogP contribution is 2.22. The molecule has 4 heterocycles. The minimum absolute atomic E-state index is 0.0471. The molecule has 9 nitrogen and oxygen atoms in total. The fourth-order valence-electron chi connectivity index (χ4n) is 3.95. The maximum Gasteiger partial charge on any atom is 0.262 e. The van der Waals surface area contributed by atoms with E-state index in [1.807, 2.05) is 18.2 Å². The van der Waals surface area contributed by atoms with E-state index in [2.05, 4.69) is 24.8 Å². The second-order valence-electron chi connectivity index (χ2n) is 7.50. The van der Waals surface area contributed by atoms with Gasteiger partial charge in [0.05, 0.1) is 34.3 Å². The zero-order valence-corrected chi connectivity index (χ0v) is 16.8. The summed E-state index contributed by atoms with van der Waals surface area (Å²) >= 11 is 0. The smallest absolute Gasteiger partial charge is 0.262 e. The molecule has 5 rings (SSSR count). The molecule has 0 spiro atoms. The number of aromatic nitrogens is 5. The zero-order chi connectivity index (χ0) is 20.8. The van der Waals surface area contributed by atoms with Crippen molar-refractivity contribution < 1.29 is 0 Å². The topological polar surface area (TPSA) is 89.2 Å². The summed E-state index contributed by atoms with van der Waals surface area (Å²) in [7, 11) is 3.46. The van der Waals surface area contributed by atoms with Crippen LogP contribution in [0.3, 0.4) is 0 Å². The average molecular weight is 403 g/mol. The number of hydrogen-bond acceptors (Lipinski definition) is 7. The van der Waals surface area contributed by atoms with Crippen molar-refractivity contribution in [3.63, 3.8) is 0 Å². The number of piperazine rings is 1. The van der Waals surface area contributed by atoms with Gasteiger partial charge >= 0.3 is 0 Å². The maximum absolute atomic E-state index is 12.7. The molecule has 1 fully saturated rings. The molecule has 3 aromatic heterocycles. The molecule has 1 aliphatic heterocycles. The summed E-state index contributed by atoms with van der Waals surface area (Å²) in [5, 5.41) is 1.19.